The molecule has 3 rings (SSSR count). The van der Waals surface area contributed by atoms with Crippen molar-refractivity contribution in [3.05, 3.63) is 88.7 Å². The third-order valence-corrected chi connectivity index (χ3v) is 4.34. The van der Waals surface area contributed by atoms with Crippen LogP contribution in [0.5, 0.6) is 0 Å². The van der Waals surface area contributed by atoms with Crippen molar-refractivity contribution in [3.63, 3.8) is 0 Å². The molecule has 0 aliphatic heterocycles. The van der Waals surface area contributed by atoms with E-state index in [1.54, 1.807) is 54.6 Å². The van der Waals surface area contributed by atoms with E-state index in [1.807, 2.05) is 6.07 Å². The van der Waals surface area contributed by atoms with Crippen molar-refractivity contribution in [1.29, 1.82) is 0 Å². The Morgan fingerprint density at radius 2 is 1.48 bits per heavy atom. The highest BCUT2D eigenvalue weighted by atomic mass is 79.9. The van der Waals surface area contributed by atoms with Gasteiger partial charge in [-0.3, -0.25) is 19.4 Å². The van der Waals surface area contributed by atoms with Gasteiger partial charge in [0.25, 0.3) is 11.8 Å². The Morgan fingerprint density at radius 1 is 0.793 bits per heavy atom. The van der Waals surface area contributed by atoms with Gasteiger partial charge in [0.1, 0.15) is 0 Å². The maximum Gasteiger partial charge on any atom is 0.255 e. The van der Waals surface area contributed by atoms with Crippen LogP contribution in [0.3, 0.4) is 0 Å². The molecular formula is C21H17BrN4O3. The summed E-state index contributed by atoms with van der Waals surface area (Å²) in [5, 5.41) is 8.01. The van der Waals surface area contributed by atoms with Crippen LogP contribution in [0.4, 0.5) is 11.4 Å². The van der Waals surface area contributed by atoms with E-state index in [2.05, 4.69) is 36.9 Å². The first-order valence-corrected chi connectivity index (χ1v) is 9.45. The van der Waals surface area contributed by atoms with Crippen molar-refractivity contribution in [2.24, 2.45) is 0 Å². The molecule has 0 unspecified atom stereocenters. The molecule has 146 valence electrons. The van der Waals surface area contributed by atoms with Gasteiger partial charge >= 0.3 is 0 Å². The molecule has 8 heteroatoms. The van der Waals surface area contributed by atoms with Crippen LogP contribution in [-0.4, -0.2) is 29.3 Å². The van der Waals surface area contributed by atoms with Crippen molar-refractivity contribution in [3.8, 4) is 0 Å². The van der Waals surface area contributed by atoms with Gasteiger partial charge in [-0.15, -0.1) is 0 Å². The van der Waals surface area contributed by atoms with Crippen LogP contribution >= 0.6 is 15.9 Å². The molecule has 0 aliphatic carbocycles. The normalized spacial score (nSPS) is 10.1. The molecule has 7 nitrogen and oxygen atoms in total. The van der Waals surface area contributed by atoms with Crippen LogP contribution in [0.15, 0.2) is 77.5 Å². The maximum absolute atomic E-state index is 12.2. The highest BCUT2D eigenvalue weighted by Gasteiger charge is 2.10. The summed E-state index contributed by atoms with van der Waals surface area (Å²) in [5.41, 5.74) is 1.96. The molecule has 0 saturated heterocycles. The quantitative estimate of drug-likeness (QED) is 0.532. The zero-order chi connectivity index (χ0) is 20.6. The lowest BCUT2D eigenvalue weighted by Gasteiger charge is -2.10. The topological polar surface area (TPSA) is 100 Å². The number of hydrogen-bond donors (Lipinski definition) is 3. The Kier molecular flexibility index (Phi) is 6.70. The smallest absolute Gasteiger partial charge is 0.255 e. The lowest BCUT2D eigenvalue weighted by Crippen LogP contribution is -2.32. The lowest BCUT2D eigenvalue weighted by molar-refractivity contribution is -0.115. The number of aromatic nitrogens is 1. The number of rotatable bonds is 6. The first kappa shape index (κ1) is 20.2. The molecule has 0 aliphatic rings. The number of carbonyl (C=O) groups excluding carboxylic acids is 3. The lowest BCUT2D eigenvalue weighted by atomic mass is 10.2. The van der Waals surface area contributed by atoms with E-state index in [-0.39, 0.29) is 24.3 Å². The SMILES string of the molecule is O=C(CNC(=O)c1cccc(Br)c1)Nc1cccc(NC(=O)c2ccncc2)c1. The largest absolute Gasteiger partial charge is 0.343 e. The van der Waals surface area contributed by atoms with Crippen LogP contribution in [0.1, 0.15) is 20.7 Å². The highest BCUT2D eigenvalue weighted by molar-refractivity contribution is 9.10. The predicted octanol–water partition coefficient (Wildman–Crippen LogP) is 3.46. The second kappa shape index (κ2) is 9.61. The third-order valence-electron chi connectivity index (χ3n) is 3.84. The molecule has 0 fully saturated rings. The standard InChI is InChI=1S/C21H17BrN4O3/c22-16-4-1-3-15(11-16)20(28)24-13-19(27)25-17-5-2-6-18(12-17)26-21(29)14-7-9-23-10-8-14/h1-12H,13H2,(H,24,28)(H,25,27)(H,26,29). The van der Waals surface area contributed by atoms with E-state index in [4.69, 9.17) is 0 Å². The first-order valence-electron chi connectivity index (χ1n) is 8.66. The van der Waals surface area contributed by atoms with E-state index in [1.165, 1.54) is 12.4 Å². The predicted molar refractivity (Wildman–Crippen MR) is 114 cm³/mol. The molecule has 2 aromatic carbocycles. The average Bonchev–Trinajstić information content (AvgIpc) is 2.73. The Bertz CT molecular complexity index is 1040. The minimum atomic E-state index is -0.383. The molecule has 0 saturated carbocycles. The van der Waals surface area contributed by atoms with Gasteiger partial charge in [0.05, 0.1) is 6.54 Å². The summed E-state index contributed by atoms with van der Waals surface area (Å²) in [7, 11) is 0. The molecule has 3 amide bonds. The van der Waals surface area contributed by atoms with Gasteiger partial charge in [0.2, 0.25) is 5.91 Å². The molecule has 3 N–H and O–H groups in total. The summed E-state index contributed by atoms with van der Waals surface area (Å²) in [6, 6.07) is 16.8. The van der Waals surface area contributed by atoms with Crippen LogP contribution in [-0.2, 0) is 4.79 Å². The molecule has 3 aromatic rings. The minimum Gasteiger partial charge on any atom is -0.343 e. The van der Waals surface area contributed by atoms with Crippen molar-refractivity contribution < 1.29 is 14.4 Å². The van der Waals surface area contributed by atoms with Crippen LogP contribution in [0, 0.1) is 0 Å². The third kappa shape index (κ3) is 5.98. The Labute approximate surface area is 175 Å². The molecule has 1 heterocycles. The fourth-order valence-corrected chi connectivity index (χ4v) is 2.88. The summed E-state index contributed by atoms with van der Waals surface area (Å²) in [6.07, 6.45) is 3.07. The van der Waals surface area contributed by atoms with E-state index in [9.17, 15) is 14.4 Å². The van der Waals surface area contributed by atoms with Gasteiger partial charge in [-0.25, -0.2) is 0 Å². The van der Waals surface area contributed by atoms with Gasteiger partial charge in [0, 0.05) is 39.4 Å². The number of anilines is 2. The van der Waals surface area contributed by atoms with Crippen molar-refractivity contribution in [1.82, 2.24) is 10.3 Å². The molecule has 1 aromatic heterocycles. The summed E-state index contributed by atoms with van der Waals surface area (Å²) in [4.78, 5) is 40.3. The number of benzene rings is 2. The van der Waals surface area contributed by atoms with Gasteiger partial charge in [-0.1, -0.05) is 28.1 Å². The molecule has 0 spiro atoms. The fraction of sp³-hybridized carbons (Fsp3) is 0.0476. The van der Waals surface area contributed by atoms with Gasteiger partial charge in [-0.05, 0) is 48.5 Å². The van der Waals surface area contributed by atoms with Crippen LogP contribution in [0.25, 0.3) is 0 Å². The zero-order valence-electron chi connectivity index (χ0n) is 15.2. The van der Waals surface area contributed by atoms with E-state index >= 15 is 0 Å². The number of hydrogen-bond acceptors (Lipinski definition) is 4. The number of pyridine rings is 1. The number of nitrogens with zero attached hydrogens (tertiary/aromatic N) is 1. The molecule has 0 bridgehead atoms. The summed E-state index contributed by atoms with van der Waals surface area (Å²) in [6.45, 7) is -0.182. The average molecular weight is 453 g/mol. The molecule has 29 heavy (non-hydrogen) atoms. The Balaban J connectivity index is 1.55. The van der Waals surface area contributed by atoms with Gasteiger partial charge in [0.15, 0.2) is 0 Å². The number of amides is 3. The van der Waals surface area contributed by atoms with Gasteiger partial charge in [-0.2, -0.15) is 0 Å². The summed E-state index contributed by atoms with van der Waals surface area (Å²) < 4.78 is 0.778. The van der Waals surface area contributed by atoms with Crippen molar-refractivity contribution >= 4 is 45.0 Å². The Hall–Kier alpha value is -3.52. The van der Waals surface area contributed by atoms with Crippen molar-refractivity contribution in [2.45, 2.75) is 0 Å². The van der Waals surface area contributed by atoms with Crippen LogP contribution < -0.4 is 16.0 Å². The van der Waals surface area contributed by atoms with E-state index in [0.29, 0.717) is 22.5 Å². The molecule has 0 radical (unpaired) electrons. The van der Waals surface area contributed by atoms with E-state index < -0.39 is 0 Å². The second-order valence-corrected chi connectivity index (χ2v) is 6.93. The fourth-order valence-electron chi connectivity index (χ4n) is 2.48. The number of halogens is 1. The van der Waals surface area contributed by atoms with E-state index in [0.717, 1.165) is 4.47 Å². The second-order valence-electron chi connectivity index (χ2n) is 6.01. The Morgan fingerprint density at radius 3 is 2.21 bits per heavy atom. The highest BCUT2D eigenvalue weighted by Crippen LogP contribution is 2.16. The van der Waals surface area contributed by atoms with Gasteiger partial charge < -0.3 is 16.0 Å². The first-order chi connectivity index (χ1) is 14.0. The number of carbonyl (C=O) groups is 3. The monoisotopic (exact) mass is 452 g/mol. The maximum atomic E-state index is 12.2. The van der Waals surface area contributed by atoms with Crippen LogP contribution in [0.2, 0.25) is 0 Å². The molecule has 0 atom stereocenters. The van der Waals surface area contributed by atoms with Crippen molar-refractivity contribution in [2.75, 3.05) is 17.2 Å². The number of nitrogens with one attached hydrogen (secondary N) is 3. The summed E-state index contributed by atoms with van der Waals surface area (Å²) in [5.74, 6) is -1.01. The molecular weight excluding hydrogens is 436 g/mol. The summed E-state index contributed by atoms with van der Waals surface area (Å²) >= 11 is 3.30. The zero-order valence-corrected chi connectivity index (χ0v) is 16.8. The minimum absolute atomic E-state index is 0.182.